The van der Waals surface area contributed by atoms with E-state index in [1.165, 1.54) is 0 Å². The molecule has 2 N–H and O–H groups in total. The van der Waals surface area contributed by atoms with Crippen LogP contribution in [-0.2, 0) is 16.1 Å². The molecule has 0 aromatic heterocycles. The summed E-state index contributed by atoms with van der Waals surface area (Å²) in [4.78, 5) is 11.7. The third kappa shape index (κ3) is 4.21. The van der Waals surface area contributed by atoms with Gasteiger partial charge in [0.25, 0.3) is 0 Å². The number of alkyl carbamates (subject to hydrolysis) is 1. The van der Waals surface area contributed by atoms with Crippen LogP contribution in [-0.4, -0.2) is 37.9 Å². The van der Waals surface area contributed by atoms with Crippen molar-refractivity contribution in [1.29, 1.82) is 0 Å². The summed E-state index contributed by atoms with van der Waals surface area (Å²) in [7, 11) is 1.71. The van der Waals surface area contributed by atoms with Crippen molar-refractivity contribution < 1.29 is 14.3 Å². The maximum absolute atomic E-state index is 11.7. The van der Waals surface area contributed by atoms with Gasteiger partial charge in [-0.25, -0.2) is 4.79 Å². The van der Waals surface area contributed by atoms with E-state index in [0.717, 1.165) is 18.5 Å². The minimum Gasteiger partial charge on any atom is -0.445 e. The minimum atomic E-state index is -0.391. The number of hydrogen-bond donors (Lipinski definition) is 2. The lowest BCUT2D eigenvalue weighted by atomic mass is 9.99. The first-order valence-electron chi connectivity index (χ1n) is 6.84. The van der Waals surface area contributed by atoms with E-state index in [4.69, 9.17) is 9.47 Å². The van der Waals surface area contributed by atoms with Gasteiger partial charge in [0.2, 0.25) is 0 Å². The van der Waals surface area contributed by atoms with Gasteiger partial charge in [0.05, 0.1) is 6.10 Å². The number of nitrogens with one attached hydrogen (secondary N) is 2. The molecule has 5 heteroatoms. The van der Waals surface area contributed by atoms with E-state index in [2.05, 4.69) is 17.6 Å². The summed E-state index contributed by atoms with van der Waals surface area (Å²) in [5, 5.41) is 6.17. The van der Waals surface area contributed by atoms with Crippen molar-refractivity contribution in [2.24, 2.45) is 0 Å². The van der Waals surface area contributed by atoms with Crippen molar-refractivity contribution in [3.05, 3.63) is 35.9 Å². The Morgan fingerprint density at radius 2 is 2.20 bits per heavy atom. The van der Waals surface area contributed by atoms with Crippen molar-refractivity contribution >= 4 is 6.09 Å². The standard InChI is InChI=1S/C15H22N2O3/c1-15(8-13(19-2)9-17-15)11-16-14(18)20-10-12-6-4-3-5-7-12/h3-7,13,17H,8-11H2,1-2H3,(H,16,18)/t13-,15+/m1/s1. The van der Waals surface area contributed by atoms with Crippen LogP contribution in [0.2, 0.25) is 0 Å². The summed E-state index contributed by atoms with van der Waals surface area (Å²) in [5.41, 5.74) is 0.846. The van der Waals surface area contributed by atoms with Gasteiger partial charge in [-0.05, 0) is 18.9 Å². The molecular weight excluding hydrogens is 256 g/mol. The predicted octanol–water partition coefficient (Wildman–Crippen LogP) is 1.68. The van der Waals surface area contributed by atoms with E-state index in [-0.39, 0.29) is 18.2 Å². The summed E-state index contributed by atoms with van der Waals surface area (Å²) in [6, 6.07) is 9.63. The van der Waals surface area contributed by atoms with Crippen LogP contribution < -0.4 is 10.6 Å². The summed E-state index contributed by atoms with van der Waals surface area (Å²) in [6.07, 6.45) is 0.697. The summed E-state index contributed by atoms with van der Waals surface area (Å²) in [5.74, 6) is 0. The van der Waals surface area contributed by atoms with Gasteiger partial charge < -0.3 is 20.1 Å². The number of rotatable bonds is 5. The molecule has 1 saturated heterocycles. The normalized spacial score (nSPS) is 25.4. The molecule has 0 radical (unpaired) electrons. The first-order chi connectivity index (χ1) is 9.61. The molecule has 2 atom stereocenters. The fourth-order valence-electron chi connectivity index (χ4n) is 2.35. The van der Waals surface area contributed by atoms with Crippen LogP contribution >= 0.6 is 0 Å². The Morgan fingerprint density at radius 3 is 2.85 bits per heavy atom. The second kappa shape index (κ2) is 6.72. The highest BCUT2D eigenvalue weighted by atomic mass is 16.5. The smallest absolute Gasteiger partial charge is 0.407 e. The fraction of sp³-hybridized carbons (Fsp3) is 0.533. The van der Waals surface area contributed by atoms with E-state index < -0.39 is 6.09 Å². The summed E-state index contributed by atoms with van der Waals surface area (Å²) in [6.45, 7) is 3.70. The zero-order valence-electron chi connectivity index (χ0n) is 12.0. The lowest BCUT2D eigenvalue weighted by Crippen LogP contribution is -2.47. The third-order valence-electron chi connectivity index (χ3n) is 3.60. The number of carbonyl (C=O) groups is 1. The van der Waals surface area contributed by atoms with Crippen LogP contribution in [0.1, 0.15) is 18.9 Å². The molecule has 1 aromatic carbocycles. The molecule has 20 heavy (non-hydrogen) atoms. The van der Waals surface area contributed by atoms with Gasteiger partial charge in [-0.15, -0.1) is 0 Å². The number of carbonyl (C=O) groups excluding carboxylic acids is 1. The molecule has 0 unspecified atom stereocenters. The zero-order chi connectivity index (χ0) is 14.4. The van der Waals surface area contributed by atoms with Crippen LogP contribution in [0.25, 0.3) is 0 Å². The predicted molar refractivity (Wildman–Crippen MR) is 76.5 cm³/mol. The molecule has 1 heterocycles. The third-order valence-corrected chi connectivity index (χ3v) is 3.60. The van der Waals surface area contributed by atoms with E-state index in [9.17, 15) is 4.79 Å². The lowest BCUT2D eigenvalue weighted by molar-refractivity contribution is 0.111. The second-order valence-electron chi connectivity index (χ2n) is 5.42. The molecule has 1 amide bonds. The van der Waals surface area contributed by atoms with E-state index in [0.29, 0.717) is 6.54 Å². The fourth-order valence-corrected chi connectivity index (χ4v) is 2.35. The molecule has 2 rings (SSSR count). The van der Waals surface area contributed by atoms with Crippen LogP contribution in [0.3, 0.4) is 0 Å². The monoisotopic (exact) mass is 278 g/mol. The van der Waals surface area contributed by atoms with Crippen molar-refractivity contribution in [3.63, 3.8) is 0 Å². The largest absolute Gasteiger partial charge is 0.445 e. The average Bonchev–Trinajstić information content (AvgIpc) is 2.86. The number of methoxy groups -OCH3 is 1. The van der Waals surface area contributed by atoms with Crippen LogP contribution in [0, 0.1) is 0 Å². The maximum atomic E-state index is 11.7. The van der Waals surface area contributed by atoms with Gasteiger partial charge in [-0.3, -0.25) is 0 Å². The van der Waals surface area contributed by atoms with Crippen molar-refractivity contribution in [3.8, 4) is 0 Å². The number of amides is 1. The molecule has 0 saturated carbocycles. The van der Waals surface area contributed by atoms with Crippen molar-refractivity contribution in [2.75, 3.05) is 20.2 Å². The first kappa shape index (κ1) is 14.8. The Labute approximate surface area is 119 Å². The second-order valence-corrected chi connectivity index (χ2v) is 5.42. The van der Waals surface area contributed by atoms with E-state index in [1.54, 1.807) is 7.11 Å². The molecular formula is C15H22N2O3. The van der Waals surface area contributed by atoms with E-state index >= 15 is 0 Å². The van der Waals surface area contributed by atoms with Gasteiger partial charge in [0.1, 0.15) is 6.61 Å². The van der Waals surface area contributed by atoms with Crippen molar-refractivity contribution in [2.45, 2.75) is 31.6 Å². The molecule has 0 spiro atoms. The molecule has 1 aliphatic rings. The number of hydrogen-bond acceptors (Lipinski definition) is 4. The highest BCUT2D eigenvalue weighted by Crippen LogP contribution is 2.19. The highest BCUT2D eigenvalue weighted by Gasteiger charge is 2.34. The van der Waals surface area contributed by atoms with Gasteiger partial charge in [0, 0.05) is 25.7 Å². The SMILES string of the molecule is CO[C@H]1CN[C@](C)(CNC(=O)OCc2ccccc2)C1. The Kier molecular flexibility index (Phi) is 4.98. The van der Waals surface area contributed by atoms with Gasteiger partial charge >= 0.3 is 6.09 Å². The average molecular weight is 278 g/mol. The molecule has 0 bridgehead atoms. The number of ether oxygens (including phenoxy) is 2. The first-order valence-corrected chi connectivity index (χ1v) is 6.84. The molecule has 1 aliphatic heterocycles. The topological polar surface area (TPSA) is 59.6 Å². The maximum Gasteiger partial charge on any atom is 0.407 e. The minimum absolute atomic E-state index is 0.132. The van der Waals surface area contributed by atoms with Crippen molar-refractivity contribution in [1.82, 2.24) is 10.6 Å². The molecule has 0 aliphatic carbocycles. The van der Waals surface area contributed by atoms with Crippen LogP contribution in [0.5, 0.6) is 0 Å². The Hall–Kier alpha value is -1.59. The zero-order valence-corrected chi connectivity index (χ0v) is 12.0. The summed E-state index contributed by atoms with van der Waals surface area (Å²) >= 11 is 0. The van der Waals surface area contributed by atoms with Gasteiger partial charge in [-0.2, -0.15) is 0 Å². The molecule has 1 aromatic rings. The molecule has 110 valence electrons. The molecule has 1 fully saturated rings. The Morgan fingerprint density at radius 1 is 1.45 bits per heavy atom. The quantitative estimate of drug-likeness (QED) is 0.860. The highest BCUT2D eigenvalue weighted by molar-refractivity contribution is 5.67. The Balaban J connectivity index is 1.70. The van der Waals surface area contributed by atoms with Crippen LogP contribution in [0.4, 0.5) is 4.79 Å². The molecule has 5 nitrogen and oxygen atoms in total. The van der Waals surface area contributed by atoms with Gasteiger partial charge in [0.15, 0.2) is 0 Å². The van der Waals surface area contributed by atoms with Crippen LogP contribution in [0.15, 0.2) is 30.3 Å². The number of benzene rings is 1. The summed E-state index contributed by atoms with van der Waals surface area (Å²) < 4.78 is 10.5. The van der Waals surface area contributed by atoms with Gasteiger partial charge in [-0.1, -0.05) is 30.3 Å². The lowest BCUT2D eigenvalue weighted by Gasteiger charge is -2.24. The Bertz CT molecular complexity index is 438. The van der Waals surface area contributed by atoms with E-state index in [1.807, 2.05) is 30.3 Å².